The maximum atomic E-state index is 12.3. The van der Waals surface area contributed by atoms with Crippen LogP contribution in [0.5, 0.6) is 0 Å². The Morgan fingerprint density at radius 2 is 1.95 bits per heavy atom. The van der Waals surface area contributed by atoms with Gasteiger partial charge in [-0.15, -0.1) is 0 Å². The molecule has 0 aromatic rings. The predicted octanol–water partition coefficient (Wildman–Crippen LogP) is 2.31. The maximum absolute atomic E-state index is 12.3. The second-order valence-electron chi connectivity index (χ2n) is 6.67. The molecule has 1 fully saturated rings. The molecule has 0 bridgehead atoms. The predicted molar refractivity (Wildman–Crippen MR) is 75.1 cm³/mol. The Hall–Kier alpha value is -0.810. The third-order valence-electron chi connectivity index (χ3n) is 3.39. The van der Waals surface area contributed by atoms with Crippen molar-refractivity contribution in [2.45, 2.75) is 58.4 Å². The van der Waals surface area contributed by atoms with Gasteiger partial charge in [-0.1, -0.05) is 0 Å². The van der Waals surface area contributed by atoms with Gasteiger partial charge in [0.1, 0.15) is 11.8 Å². The number of rotatable bonds is 4. The molecule has 1 amide bonds. The van der Waals surface area contributed by atoms with E-state index in [4.69, 9.17) is 9.47 Å². The van der Waals surface area contributed by atoms with E-state index in [1.807, 2.05) is 48.7 Å². The zero-order chi connectivity index (χ0) is 14.8. The van der Waals surface area contributed by atoms with Crippen LogP contribution < -0.4 is 0 Å². The first-order chi connectivity index (χ1) is 8.56. The van der Waals surface area contributed by atoms with Crippen molar-refractivity contribution in [3.63, 3.8) is 0 Å². The number of hydrogen-bond acceptors (Lipinski definition) is 4. The smallest absolute Gasteiger partial charge is 0.412 e. The molecule has 1 atom stereocenters. The molecule has 112 valence electrons. The van der Waals surface area contributed by atoms with E-state index in [0.29, 0.717) is 6.61 Å². The van der Waals surface area contributed by atoms with E-state index in [2.05, 4.69) is 4.90 Å². The summed E-state index contributed by atoms with van der Waals surface area (Å²) in [5.74, 6) is 0. The summed E-state index contributed by atoms with van der Waals surface area (Å²) in [6.45, 7) is 11.1. The number of carbonyl (C=O) groups excluding carboxylic acids is 1. The second kappa shape index (κ2) is 5.67. The van der Waals surface area contributed by atoms with Gasteiger partial charge >= 0.3 is 6.09 Å². The average molecular weight is 272 g/mol. The third-order valence-corrected chi connectivity index (χ3v) is 3.39. The van der Waals surface area contributed by atoms with Crippen LogP contribution in [0.4, 0.5) is 4.79 Å². The largest absolute Gasteiger partial charge is 0.446 e. The zero-order valence-corrected chi connectivity index (χ0v) is 13.3. The fourth-order valence-corrected chi connectivity index (χ4v) is 2.40. The van der Waals surface area contributed by atoms with Crippen molar-refractivity contribution in [3.8, 4) is 0 Å². The molecule has 1 unspecified atom stereocenters. The minimum atomic E-state index is -0.609. The van der Waals surface area contributed by atoms with Crippen molar-refractivity contribution < 1.29 is 14.3 Å². The highest BCUT2D eigenvalue weighted by molar-refractivity contribution is 5.70. The standard InChI is InChI=1S/C14H28N2O3/c1-11(8-9-15(6)7)19-12(17)16-13(2,3)10-18-14(16,4)5/h11H,8-10H2,1-7H3. The Balaban J connectivity index is 2.61. The lowest BCUT2D eigenvalue weighted by molar-refractivity contribution is -0.0578. The summed E-state index contributed by atoms with van der Waals surface area (Å²) in [6, 6.07) is 0. The molecule has 0 spiro atoms. The molecular weight excluding hydrogens is 244 g/mol. The SMILES string of the molecule is CC(CCN(C)C)OC(=O)N1C(C)(C)COC1(C)C. The molecule has 5 heteroatoms. The normalized spacial score (nSPS) is 22.6. The lowest BCUT2D eigenvalue weighted by Gasteiger charge is -2.37. The maximum Gasteiger partial charge on any atom is 0.412 e. The molecule has 0 aromatic heterocycles. The Bertz CT molecular complexity index is 311. The highest BCUT2D eigenvalue weighted by Crippen LogP contribution is 2.35. The lowest BCUT2D eigenvalue weighted by Crippen LogP contribution is -2.53. The summed E-state index contributed by atoms with van der Waals surface area (Å²) in [4.78, 5) is 16.1. The minimum absolute atomic E-state index is 0.0953. The summed E-state index contributed by atoms with van der Waals surface area (Å²) in [6.07, 6.45) is 0.440. The lowest BCUT2D eigenvalue weighted by atomic mass is 10.0. The van der Waals surface area contributed by atoms with Crippen LogP contribution in [0.25, 0.3) is 0 Å². The number of hydrogen-bond donors (Lipinski definition) is 0. The van der Waals surface area contributed by atoms with Crippen LogP contribution in [-0.4, -0.2) is 60.5 Å². The zero-order valence-electron chi connectivity index (χ0n) is 13.3. The summed E-state index contributed by atoms with van der Waals surface area (Å²) in [7, 11) is 4.02. The van der Waals surface area contributed by atoms with Gasteiger partial charge in [0.05, 0.1) is 12.1 Å². The number of carbonyl (C=O) groups is 1. The minimum Gasteiger partial charge on any atom is -0.446 e. The van der Waals surface area contributed by atoms with Crippen molar-refractivity contribution in [1.82, 2.24) is 9.80 Å². The highest BCUT2D eigenvalue weighted by Gasteiger charge is 2.49. The van der Waals surface area contributed by atoms with Gasteiger partial charge in [-0.25, -0.2) is 4.79 Å². The van der Waals surface area contributed by atoms with E-state index in [1.54, 1.807) is 4.90 Å². The highest BCUT2D eigenvalue weighted by atomic mass is 16.6. The van der Waals surface area contributed by atoms with Gasteiger partial charge in [-0.05, 0) is 55.1 Å². The second-order valence-corrected chi connectivity index (χ2v) is 6.67. The summed E-state index contributed by atoms with van der Waals surface area (Å²) in [5, 5.41) is 0. The summed E-state index contributed by atoms with van der Waals surface area (Å²) < 4.78 is 11.2. The fraction of sp³-hybridized carbons (Fsp3) is 0.929. The molecule has 5 nitrogen and oxygen atoms in total. The van der Waals surface area contributed by atoms with Gasteiger partial charge in [0, 0.05) is 6.54 Å². The molecule has 1 heterocycles. The molecule has 1 rings (SSSR count). The van der Waals surface area contributed by atoms with E-state index in [1.165, 1.54) is 0 Å². The van der Waals surface area contributed by atoms with Crippen LogP contribution >= 0.6 is 0 Å². The van der Waals surface area contributed by atoms with Crippen LogP contribution in [0.3, 0.4) is 0 Å². The third kappa shape index (κ3) is 4.08. The van der Waals surface area contributed by atoms with Crippen molar-refractivity contribution in [3.05, 3.63) is 0 Å². The van der Waals surface area contributed by atoms with Gasteiger partial charge in [-0.2, -0.15) is 0 Å². The van der Waals surface area contributed by atoms with E-state index in [-0.39, 0.29) is 17.7 Å². The van der Waals surface area contributed by atoms with Gasteiger partial charge in [0.25, 0.3) is 0 Å². The molecule has 1 aliphatic rings. The van der Waals surface area contributed by atoms with E-state index in [9.17, 15) is 4.79 Å². The molecule has 0 saturated carbocycles. The summed E-state index contributed by atoms with van der Waals surface area (Å²) >= 11 is 0. The summed E-state index contributed by atoms with van der Waals surface area (Å²) in [5.41, 5.74) is -0.941. The van der Waals surface area contributed by atoms with Gasteiger partial charge in [-0.3, -0.25) is 4.90 Å². The average Bonchev–Trinajstić information content (AvgIpc) is 2.45. The molecule has 19 heavy (non-hydrogen) atoms. The molecule has 0 aliphatic carbocycles. The first-order valence-electron chi connectivity index (χ1n) is 6.86. The molecular formula is C14H28N2O3. The fourth-order valence-electron chi connectivity index (χ4n) is 2.40. The first-order valence-corrected chi connectivity index (χ1v) is 6.86. The van der Waals surface area contributed by atoms with E-state index < -0.39 is 5.72 Å². The van der Waals surface area contributed by atoms with Crippen molar-refractivity contribution in [2.75, 3.05) is 27.2 Å². The monoisotopic (exact) mass is 272 g/mol. The van der Waals surface area contributed by atoms with Crippen LogP contribution in [0, 0.1) is 0 Å². The van der Waals surface area contributed by atoms with Crippen molar-refractivity contribution in [2.24, 2.45) is 0 Å². The first kappa shape index (κ1) is 16.2. The molecule has 1 aliphatic heterocycles. The molecule has 0 radical (unpaired) electrons. The number of ether oxygens (including phenoxy) is 2. The topological polar surface area (TPSA) is 42.0 Å². The Kier molecular flexibility index (Phi) is 4.85. The number of nitrogens with zero attached hydrogens (tertiary/aromatic N) is 2. The van der Waals surface area contributed by atoms with Crippen molar-refractivity contribution in [1.29, 1.82) is 0 Å². The van der Waals surface area contributed by atoms with Gasteiger partial charge < -0.3 is 14.4 Å². The van der Waals surface area contributed by atoms with Crippen LogP contribution in [0.2, 0.25) is 0 Å². The molecule has 0 N–H and O–H groups in total. The van der Waals surface area contributed by atoms with Crippen LogP contribution in [0.1, 0.15) is 41.0 Å². The van der Waals surface area contributed by atoms with E-state index >= 15 is 0 Å². The van der Waals surface area contributed by atoms with E-state index in [0.717, 1.165) is 13.0 Å². The Morgan fingerprint density at radius 1 is 1.37 bits per heavy atom. The quantitative estimate of drug-likeness (QED) is 0.787. The Labute approximate surface area is 116 Å². The van der Waals surface area contributed by atoms with Gasteiger partial charge in [0.2, 0.25) is 0 Å². The molecule has 0 aromatic carbocycles. The van der Waals surface area contributed by atoms with Crippen molar-refractivity contribution >= 4 is 6.09 Å². The number of amides is 1. The Morgan fingerprint density at radius 3 is 2.37 bits per heavy atom. The van der Waals surface area contributed by atoms with Gasteiger partial charge in [0.15, 0.2) is 0 Å². The molecule has 1 saturated heterocycles. The van der Waals surface area contributed by atoms with Crippen LogP contribution in [-0.2, 0) is 9.47 Å². The van der Waals surface area contributed by atoms with Crippen LogP contribution in [0.15, 0.2) is 0 Å².